The molecule has 1 amide bonds. The number of halogens is 1. The van der Waals surface area contributed by atoms with E-state index in [1.807, 2.05) is 0 Å². The first-order valence-corrected chi connectivity index (χ1v) is 2.77. The lowest BCUT2D eigenvalue weighted by atomic mass is 10.4. The summed E-state index contributed by atoms with van der Waals surface area (Å²) in [5.41, 5.74) is 4.92. The minimum Gasteiger partial charge on any atom is -0.352 e. The predicted molar refractivity (Wildman–Crippen MR) is 32.6 cm³/mol. The number of hydrogen-bond acceptors (Lipinski definition) is 2. The Bertz CT molecular complexity index is 95.0. The SMILES string of the molecule is CC(F)CNC(=O)CN. The van der Waals surface area contributed by atoms with Crippen molar-refractivity contribution in [2.24, 2.45) is 5.73 Å². The van der Waals surface area contributed by atoms with Gasteiger partial charge in [-0.15, -0.1) is 0 Å². The molecule has 0 saturated heterocycles. The highest BCUT2D eigenvalue weighted by Crippen LogP contribution is 1.82. The van der Waals surface area contributed by atoms with Crippen LogP contribution >= 0.6 is 0 Å². The molecular formula is C5H11FN2O. The monoisotopic (exact) mass is 134 g/mol. The van der Waals surface area contributed by atoms with Gasteiger partial charge < -0.3 is 11.1 Å². The third kappa shape index (κ3) is 5.23. The second-order valence-corrected chi connectivity index (χ2v) is 1.79. The van der Waals surface area contributed by atoms with Gasteiger partial charge in [-0.05, 0) is 6.92 Å². The molecule has 3 nitrogen and oxygen atoms in total. The number of carbonyl (C=O) groups excluding carboxylic acids is 1. The van der Waals surface area contributed by atoms with Crippen LogP contribution in [0.1, 0.15) is 6.92 Å². The third-order valence-electron chi connectivity index (χ3n) is 0.766. The molecule has 0 aliphatic rings. The zero-order chi connectivity index (χ0) is 7.28. The Morgan fingerprint density at radius 3 is 2.78 bits per heavy atom. The number of hydrogen-bond donors (Lipinski definition) is 2. The molecule has 0 fully saturated rings. The average molecular weight is 134 g/mol. The maximum absolute atomic E-state index is 11.9. The quantitative estimate of drug-likeness (QED) is 0.542. The molecule has 1 atom stereocenters. The Balaban J connectivity index is 3.17. The molecule has 9 heavy (non-hydrogen) atoms. The van der Waals surface area contributed by atoms with Crippen LogP contribution in [-0.2, 0) is 4.79 Å². The van der Waals surface area contributed by atoms with Crippen molar-refractivity contribution in [1.29, 1.82) is 0 Å². The van der Waals surface area contributed by atoms with Gasteiger partial charge in [-0.1, -0.05) is 0 Å². The Morgan fingerprint density at radius 2 is 2.44 bits per heavy atom. The van der Waals surface area contributed by atoms with Gasteiger partial charge in [0.2, 0.25) is 5.91 Å². The Hall–Kier alpha value is -0.640. The predicted octanol–water partition coefficient (Wildman–Crippen LogP) is -0.581. The number of amides is 1. The summed E-state index contributed by atoms with van der Waals surface area (Å²) >= 11 is 0. The molecule has 0 bridgehead atoms. The maximum Gasteiger partial charge on any atom is 0.233 e. The first-order chi connectivity index (χ1) is 4.16. The van der Waals surface area contributed by atoms with E-state index in [0.29, 0.717) is 0 Å². The van der Waals surface area contributed by atoms with Crippen LogP contribution in [-0.4, -0.2) is 25.2 Å². The highest BCUT2D eigenvalue weighted by molar-refractivity contribution is 5.77. The summed E-state index contributed by atoms with van der Waals surface area (Å²) in [6.45, 7) is 1.35. The van der Waals surface area contributed by atoms with Crippen LogP contribution in [0.4, 0.5) is 4.39 Å². The van der Waals surface area contributed by atoms with Gasteiger partial charge in [-0.25, -0.2) is 4.39 Å². The van der Waals surface area contributed by atoms with Crippen LogP contribution in [0.3, 0.4) is 0 Å². The van der Waals surface area contributed by atoms with E-state index in [1.54, 1.807) is 0 Å². The van der Waals surface area contributed by atoms with Gasteiger partial charge in [-0.3, -0.25) is 4.79 Å². The smallest absolute Gasteiger partial charge is 0.233 e. The van der Waals surface area contributed by atoms with Gasteiger partial charge in [0.25, 0.3) is 0 Å². The third-order valence-corrected chi connectivity index (χ3v) is 0.766. The summed E-state index contributed by atoms with van der Waals surface area (Å²) in [4.78, 5) is 10.3. The molecule has 0 spiro atoms. The summed E-state index contributed by atoms with van der Waals surface area (Å²) in [7, 11) is 0. The van der Waals surface area contributed by atoms with E-state index in [2.05, 4.69) is 5.32 Å². The summed E-state index contributed by atoms with van der Waals surface area (Å²) in [6.07, 6.45) is -1.000. The number of alkyl halides is 1. The molecule has 0 aliphatic carbocycles. The van der Waals surface area contributed by atoms with E-state index in [1.165, 1.54) is 6.92 Å². The second kappa shape index (κ2) is 4.26. The minimum atomic E-state index is -1.000. The standard InChI is InChI=1S/C5H11FN2O/c1-4(6)3-8-5(9)2-7/h4H,2-3,7H2,1H3,(H,8,9). The highest BCUT2D eigenvalue weighted by Gasteiger charge is 1.99. The summed E-state index contributed by atoms with van der Waals surface area (Å²) in [5, 5.41) is 2.29. The van der Waals surface area contributed by atoms with Gasteiger partial charge in [-0.2, -0.15) is 0 Å². The van der Waals surface area contributed by atoms with Gasteiger partial charge in [0.05, 0.1) is 6.54 Å². The zero-order valence-corrected chi connectivity index (χ0v) is 5.36. The lowest BCUT2D eigenvalue weighted by molar-refractivity contribution is -0.119. The second-order valence-electron chi connectivity index (χ2n) is 1.79. The largest absolute Gasteiger partial charge is 0.352 e. The van der Waals surface area contributed by atoms with Crippen molar-refractivity contribution < 1.29 is 9.18 Å². The Morgan fingerprint density at radius 1 is 1.89 bits per heavy atom. The van der Waals surface area contributed by atoms with E-state index >= 15 is 0 Å². The van der Waals surface area contributed by atoms with Crippen molar-refractivity contribution in [3.05, 3.63) is 0 Å². The fourth-order valence-electron chi connectivity index (χ4n) is 0.327. The van der Waals surface area contributed by atoms with Crippen LogP contribution in [0.2, 0.25) is 0 Å². The molecule has 1 unspecified atom stereocenters. The summed E-state index contributed by atoms with van der Waals surface area (Å²) in [6, 6.07) is 0. The maximum atomic E-state index is 11.9. The van der Waals surface area contributed by atoms with Crippen molar-refractivity contribution in [1.82, 2.24) is 5.32 Å². The molecule has 0 aromatic carbocycles. The number of carbonyl (C=O) groups is 1. The average Bonchev–Trinajstić information content (AvgIpc) is 1.83. The van der Waals surface area contributed by atoms with E-state index in [0.717, 1.165) is 0 Å². The number of nitrogens with two attached hydrogens (primary N) is 1. The molecule has 0 radical (unpaired) electrons. The van der Waals surface area contributed by atoms with Gasteiger partial charge >= 0.3 is 0 Å². The fourth-order valence-corrected chi connectivity index (χ4v) is 0.327. The van der Waals surface area contributed by atoms with Crippen molar-refractivity contribution in [2.75, 3.05) is 13.1 Å². The Labute approximate surface area is 53.4 Å². The first-order valence-electron chi connectivity index (χ1n) is 2.77. The topological polar surface area (TPSA) is 55.1 Å². The van der Waals surface area contributed by atoms with Gasteiger partial charge in [0.1, 0.15) is 6.17 Å². The van der Waals surface area contributed by atoms with Crippen molar-refractivity contribution in [3.8, 4) is 0 Å². The molecule has 0 aromatic heterocycles. The lowest BCUT2D eigenvalue weighted by Crippen LogP contribution is -2.33. The van der Waals surface area contributed by atoms with Crippen molar-refractivity contribution >= 4 is 5.91 Å². The van der Waals surface area contributed by atoms with E-state index in [9.17, 15) is 9.18 Å². The van der Waals surface area contributed by atoms with Crippen LogP contribution in [0.15, 0.2) is 0 Å². The minimum absolute atomic E-state index is 0.0516. The molecule has 0 aliphatic heterocycles. The summed E-state index contributed by atoms with van der Waals surface area (Å²) in [5.74, 6) is -0.320. The van der Waals surface area contributed by atoms with Crippen LogP contribution in [0.25, 0.3) is 0 Å². The van der Waals surface area contributed by atoms with Gasteiger partial charge in [0.15, 0.2) is 0 Å². The molecule has 0 rings (SSSR count). The molecule has 3 N–H and O–H groups in total. The molecule has 54 valence electrons. The van der Waals surface area contributed by atoms with Gasteiger partial charge in [0, 0.05) is 6.54 Å². The van der Waals surface area contributed by atoms with E-state index < -0.39 is 6.17 Å². The number of nitrogens with one attached hydrogen (secondary N) is 1. The molecule has 0 saturated carbocycles. The zero-order valence-electron chi connectivity index (χ0n) is 5.36. The van der Waals surface area contributed by atoms with Crippen molar-refractivity contribution in [3.63, 3.8) is 0 Å². The van der Waals surface area contributed by atoms with E-state index in [4.69, 9.17) is 5.73 Å². The van der Waals surface area contributed by atoms with Crippen molar-refractivity contribution in [2.45, 2.75) is 13.1 Å². The molecule has 0 aromatic rings. The fraction of sp³-hybridized carbons (Fsp3) is 0.800. The lowest BCUT2D eigenvalue weighted by Gasteiger charge is -2.01. The Kier molecular flexibility index (Phi) is 3.96. The molecular weight excluding hydrogens is 123 g/mol. The normalized spacial score (nSPS) is 12.8. The number of rotatable bonds is 3. The highest BCUT2D eigenvalue weighted by atomic mass is 19.1. The first kappa shape index (κ1) is 8.36. The van der Waals surface area contributed by atoms with Crippen LogP contribution < -0.4 is 11.1 Å². The van der Waals surface area contributed by atoms with Crippen LogP contribution in [0.5, 0.6) is 0 Å². The van der Waals surface area contributed by atoms with E-state index in [-0.39, 0.29) is 19.0 Å². The van der Waals surface area contributed by atoms with Crippen LogP contribution in [0, 0.1) is 0 Å². The molecule has 0 heterocycles. The summed E-state index contributed by atoms with van der Waals surface area (Å²) < 4.78 is 11.9. The molecule has 4 heteroatoms.